The summed E-state index contributed by atoms with van der Waals surface area (Å²) >= 11 is 0. The maximum absolute atomic E-state index is 14.3. The summed E-state index contributed by atoms with van der Waals surface area (Å²) in [6, 6.07) is 25.7. The van der Waals surface area contributed by atoms with E-state index < -0.39 is 28.4 Å². The molecule has 6 rings (SSSR count). The molecule has 0 radical (unpaired) electrons. The van der Waals surface area contributed by atoms with Crippen LogP contribution < -0.4 is 19.9 Å². The highest BCUT2D eigenvalue weighted by Gasteiger charge is 2.53. The standard InChI is InChI=1S/C45H51N5O9/c1-3-59-37-19-21-40-34(26-37)27-39(46-22-7-8-24-51)43(54)49(40)35-16-14-33(15-17-35)30-48-41-20-18-36(50(57)58)28-38(41)45(56,44(48)55)31(2)10-9-13-42(53)47(23-25-52)29-32-11-5-4-6-12-32/h4-6,9-12,14-21,26,28,31,39,46,51-52,56H,3,7-8,13,22-25,27,29-30H2,1-2H3/b10-9+/t31-,39?,45+/m1/s1. The van der Waals surface area contributed by atoms with Gasteiger partial charge < -0.3 is 35.2 Å². The molecule has 0 aromatic heterocycles. The van der Waals surface area contributed by atoms with Gasteiger partial charge in [0, 0.05) is 55.4 Å². The molecule has 14 nitrogen and oxygen atoms in total. The fourth-order valence-corrected chi connectivity index (χ4v) is 7.72. The Kier molecular flexibility index (Phi) is 13.9. The van der Waals surface area contributed by atoms with Gasteiger partial charge in [-0.1, -0.05) is 61.5 Å². The van der Waals surface area contributed by atoms with Gasteiger partial charge in [0.1, 0.15) is 5.75 Å². The molecule has 14 heteroatoms. The zero-order valence-electron chi connectivity index (χ0n) is 33.3. The van der Waals surface area contributed by atoms with Gasteiger partial charge in [-0.15, -0.1) is 0 Å². The lowest BCUT2D eigenvalue weighted by Crippen LogP contribution is -2.49. The number of benzene rings is 4. The number of ether oxygens (including phenoxy) is 1. The Morgan fingerprint density at radius 3 is 2.44 bits per heavy atom. The van der Waals surface area contributed by atoms with E-state index in [0.29, 0.717) is 55.2 Å². The number of rotatable bonds is 19. The Morgan fingerprint density at radius 1 is 1.00 bits per heavy atom. The van der Waals surface area contributed by atoms with Gasteiger partial charge in [-0.2, -0.15) is 0 Å². The summed E-state index contributed by atoms with van der Waals surface area (Å²) in [4.78, 5) is 57.4. The summed E-state index contributed by atoms with van der Waals surface area (Å²) in [6.45, 7) is 4.91. The molecule has 310 valence electrons. The first-order valence-corrected chi connectivity index (χ1v) is 19.9. The second-order valence-electron chi connectivity index (χ2n) is 14.8. The number of anilines is 3. The molecule has 4 aromatic carbocycles. The van der Waals surface area contributed by atoms with Crippen LogP contribution in [-0.4, -0.2) is 81.8 Å². The van der Waals surface area contributed by atoms with Crippen LogP contribution in [0, 0.1) is 16.0 Å². The van der Waals surface area contributed by atoms with Crippen molar-refractivity contribution in [1.29, 1.82) is 0 Å². The molecule has 0 spiro atoms. The van der Waals surface area contributed by atoms with Gasteiger partial charge in [0.25, 0.3) is 11.6 Å². The maximum atomic E-state index is 14.3. The van der Waals surface area contributed by atoms with E-state index in [-0.39, 0.29) is 55.8 Å². The third-order valence-electron chi connectivity index (χ3n) is 10.8. The van der Waals surface area contributed by atoms with Gasteiger partial charge >= 0.3 is 0 Å². The second kappa shape index (κ2) is 19.2. The molecule has 0 aliphatic carbocycles. The van der Waals surface area contributed by atoms with Crippen molar-refractivity contribution in [1.82, 2.24) is 10.2 Å². The van der Waals surface area contributed by atoms with Crippen LogP contribution in [0.4, 0.5) is 22.7 Å². The average molecular weight is 806 g/mol. The number of fused-ring (bicyclic) bond motifs is 2. The molecule has 0 bridgehead atoms. The van der Waals surface area contributed by atoms with Gasteiger partial charge in [-0.25, -0.2) is 0 Å². The molecule has 3 amide bonds. The zero-order valence-corrected chi connectivity index (χ0v) is 33.3. The molecule has 2 aliphatic rings. The van der Waals surface area contributed by atoms with Crippen molar-refractivity contribution in [3.05, 3.63) is 136 Å². The SMILES string of the molecule is CCOc1ccc2c(c1)CC(NCCCCO)C(=O)N2c1ccc(CN2C(=O)[C@](O)([C@H](C)/C=C/CC(=O)N(CCO)Cc3ccccc3)c3cc([N+](=O)[O-])ccc32)cc1. The number of amides is 3. The van der Waals surface area contributed by atoms with Crippen LogP contribution in [0.3, 0.4) is 0 Å². The van der Waals surface area contributed by atoms with E-state index in [1.54, 1.807) is 48.2 Å². The Morgan fingerprint density at radius 2 is 1.75 bits per heavy atom. The first-order valence-electron chi connectivity index (χ1n) is 19.9. The summed E-state index contributed by atoms with van der Waals surface area (Å²) in [6.07, 6.45) is 4.89. The normalized spacial score (nSPS) is 17.9. The van der Waals surface area contributed by atoms with Crippen molar-refractivity contribution in [3.63, 3.8) is 0 Å². The smallest absolute Gasteiger partial charge is 0.269 e. The highest BCUT2D eigenvalue weighted by atomic mass is 16.6. The van der Waals surface area contributed by atoms with Crippen LogP contribution >= 0.6 is 0 Å². The maximum Gasteiger partial charge on any atom is 0.269 e. The number of carbonyl (C=O) groups excluding carboxylic acids is 3. The Balaban J connectivity index is 1.23. The molecule has 2 aliphatic heterocycles. The van der Waals surface area contributed by atoms with Gasteiger partial charge in [0.05, 0.1) is 42.1 Å². The van der Waals surface area contributed by atoms with Gasteiger partial charge in [0.15, 0.2) is 5.60 Å². The number of carbonyl (C=O) groups is 3. The third kappa shape index (κ3) is 9.36. The summed E-state index contributed by atoms with van der Waals surface area (Å²) in [5, 5.41) is 46.3. The molecular formula is C45H51N5O9. The monoisotopic (exact) mass is 805 g/mol. The van der Waals surface area contributed by atoms with E-state index in [1.807, 2.05) is 55.5 Å². The lowest BCUT2D eigenvalue weighted by Gasteiger charge is -2.35. The number of aliphatic hydroxyl groups is 3. The number of non-ortho nitro benzene ring substituents is 1. The minimum Gasteiger partial charge on any atom is -0.494 e. The lowest BCUT2D eigenvalue weighted by molar-refractivity contribution is -0.385. The summed E-state index contributed by atoms with van der Waals surface area (Å²) in [5.41, 5.74) is 1.81. The minimum absolute atomic E-state index is 0.0219. The molecule has 59 heavy (non-hydrogen) atoms. The van der Waals surface area contributed by atoms with Crippen LogP contribution in [0.25, 0.3) is 0 Å². The number of unbranched alkanes of at least 4 members (excludes halogenated alkanes) is 1. The number of nitro groups is 1. The van der Waals surface area contributed by atoms with Crippen molar-refractivity contribution >= 4 is 40.5 Å². The molecule has 1 unspecified atom stereocenters. The fraction of sp³-hybridized carbons (Fsp3) is 0.356. The molecule has 0 fully saturated rings. The summed E-state index contributed by atoms with van der Waals surface area (Å²) in [5.74, 6) is -1.25. The predicted molar refractivity (Wildman–Crippen MR) is 223 cm³/mol. The van der Waals surface area contributed by atoms with E-state index in [4.69, 9.17) is 4.74 Å². The van der Waals surface area contributed by atoms with Crippen molar-refractivity contribution < 1.29 is 39.4 Å². The summed E-state index contributed by atoms with van der Waals surface area (Å²) < 4.78 is 5.75. The molecule has 4 aromatic rings. The zero-order chi connectivity index (χ0) is 42.1. The molecule has 4 N–H and O–H groups in total. The quantitative estimate of drug-likeness (QED) is 0.0421. The van der Waals surface area contributed by atoms with Gasteiger partial charge in [0.2, 0.25) is 11.8 Å². The fourth-order valence-electron chi connectivity index (χ4n) is 7.72. The van der Waals surface area contributed by atoms with Crippen molar-refractivity contribution in [2.45, 2.75) is 64.3 Å². The number of hydrogen-bond donors (Lipinski definition) is 4. The number of nitrogens with zero attached hydrogens (tertiary/aromatic N) is 4. The Bertz CT molecular complexity index is 2160. The molecule has 2 heterocycles. The number of hydrogen-bond acceptors (Lipinski definition) is 10. The molecule has 0 saturated carbocycles. The predicted octanol–water partition coefficient (Wildman–Crippen LogP) is 5.28. The van der Waals surface area contributed by atoms with E-state index in [0.717, 1.165) is 23.2 Å². The number of aliphatic hydroxyl groups excluding tert-OH is 2. The van der Waals surface area contributed by atoms with E-state index >= 15 is 0 Å². The van der Waals surface area contributed by atoms with E-state index in [2.05, 4.69) is 5.32 Å². The first kappa shape index (κ1) is 42.7. The largest absolute Gasteiger partial charge is 0.494 e. The lowest BCUT2D eigenvalue weighted by atomic mass is 9.82. The topological polar surface area (TPSA) is 186 Å². The van der Waals surface area contributed by atoms with Crippen molar-refractivity contribution in [2.75, 3.05) is 42.7 Å². The van der Waals surface area contributed by atoms with Gasteiger partial charge in [-0.3, -0.25) is 29.4 Å². The highest BCUT2D eigenvalue weighted by Crippen LogP contribution is 2.47. The van der Waals surface area contributed by atoms with Gasteiger partial charge in [-0.05, 0) is 85.8 Å². The van der Waals surface area contributed by atoms with Crippen molar-refractivity contribution in [3.8, 4) is 5.75 Å². The van der Waals surface area contributed by atoms with Crippen LogP contribution in [0.5, 0.6) is 5.75 Å². The number of nitro benzene ring substituents is 1. The van der Waals surface area contributed by atoms with Crippen LogP contribution in [0.1, 0.15) is 55.4 Å². The van der Waals surface area contributed by atoms with Crippen LogP contribution in [0.2, 0.25) is 0 Å². The second-order valence-corrected chi connectivity index (χ2v) is 14.8. The first-order chi connectivity index (χ1) is 28.5. The molecule has 3 atom stereocenters. The molecule has 0 saturated heterocycles. The van der Waals surface area contributed by atoms with Crippen LogP contribution in [-0.2, 0) is 39.5 Å². The van der Waals surface area contributed by atoms with E-state index in [9.17, 15) is 39.8 Å². The molecular weight excluding hydrogens is 755 g/mol. The number of nitrogens with one attached hydrogen (secondary N) is 1. The van der Waals surface area contributed by atoms with Crippen molar-refractivity contribution in [2.24, 2.45) is 5.92 Å². The average Bonchev–Trinajstić information content (AvgIpc) is 3.45. The Labute approximate surface area is 343 Å². The van der Waals surface area contributed by atoms with E-state index in [1.165, 1.54) is 28.0 Å². The summed E-state index contributed by atoms with van der Waals surface area (Å²) in [7, 11) is 0. The Hall–Kier alpha value is -5.93. The minimum atomic E-state index is -2.18. The third-order valence-corrected chi connectivity index (χ3v) is 10.8. The van der Waals surface area contributed by atoms with Crippen LogP contribution in [0.15, 0.2) is 103 Å². The highest BCUT2D eigenvalue weighted by molar-refractivity contribution is 6.08.